The lowest BCUT2D eigenvalue weighted by atomic mass is 10.2. The second-order valence-electron chi connectivity index (χ2n) is 10.0. The molecular weight excluding hydrogens is 601 g/mol. The van der Waals surface area contributed by atoms with E-state index in [0.717, 1.165) is 29.8 Å². The van der Waals surface area contributed by atoms with Gasteiger partial charge >= 0.3 is 10.1 Å². The van der Waals surface area contributed by atoms with E-state index in [0.29, 0.717) is 0 Å². The molecule has 0 aliphatic carbocycles. The molecule has 5 aromatic carbocycles. The van der Waals surface area contributed by atoms with E-state index >= 15 is 0 Å². The molecule has 0 bridgehead atoms. The van der Waals surface area contributed by atoms with Gasteiger partial charge in [0, 0.05) is 0 Å². The number of hydrogen-bond acceptors (Lipinski definition) is 6. The summed E-state index contributed by atoms with van der Waals surface area (Å²) in [6, 6.07) is 37.1. The highest BCUT2D eigenvalue weighted by atomic mass is 32.2. The molecule has 6 nitrogen and oxygen atoms in total. The van der Waals surface area contributed by atoms with Gasteiger partial charge in [0.15, 0.2) is 14.7 Å². The van der Waals surface area contributed by atoms with E-state index in [1.807, 2.05) is 6.92 Å². The quantitative estimate of drug-likeness (QED) is 0.105. The molecule has 0 heterocycles. The van der Waals surface area contributed by atoms with Crippen molar-refractivity contribution in [3.05, 3.63) is 144 Å². The Bertz CT molecular complexity index is 1760. The van der Waals surface area contributed by atoms with Gasteiger partial charge in [0.25, 0.3) is 0 Å². The zero-order chi connectivity index (χ0) is 31.2. The standard InChI is InChI=1S/C21H21S.C13H12O6S2/c1-16-4-10-19(11-5-16)22(20-12-6-17(2)7-13-20)21-14-8-18(3)9-15-21;1-10-2-6-13(7-3-10)21(17,18)19-11-4-8-12(9-5-11)20(14,15)16/h4-15H,1-3H3;2-9H,1H3,(H,14,15,16)/q+1;/p-1. The highest BCUT2D eigenvalue weighted by Gasteiger charge is 2.28. The van der Waals surface area contributed by atoms with Crippen LogP contribution in [0.2, 0.25) is 0 Å². The lowest BCUT2D eigenvalue weighted by Gasteiger charge is -2.09. The Morgan fingerprint density at radius 3 is 1.09 bits per heavy atom. The van der Waals surface area contributed by atoms with Crippen molar-refractivity contribution in [3.63, 3.8) is 0 Å². The minimum atomic E-state index is -4.58. The molecule has 0 aliphatic heterocycles. The maximum absolute atomic E-state index is 12.0. The summed E-state index contributed by atoms with van der Waals surface area (Å²) in [7, 11) is -8.62. The molecule has 0 N–H and O–H groups in total. The smallest absolute Gasteiger partial charge is 0.339 e. The van der Waals surface area contributed by atoms with Gasteiger partial charge in [-0.15, -0.1) is 0 Å². The molecule has 0 aromatic heterocycles. The van der Waals surface area contributed by atoms with Gasteiger partial charge in [0.1, 0.15) is 20.8 Å². The van der Waals surface area contributed by atoms with Gasteiger partial charge in [0.2, 0.25) is 0 Å². The van der Waals surface area contributed by atoms with E-state index in [-0.39, 0.29) is 21.5 Å². The molecule has 222 valence electrons. The van der Waals surface area contributed by atoms with Crippen molar-refractivity contribution < 1.29 is 25.6 Å². The molecule has 0 aliphatic rings. The predicted octanol–water partition coefficient (Wildman–Crippen LogP) is 7.37. The van der Waals surface area contributed by atoms with Crippen molar-refractivity contribution in [1.29, 1.82) is 0 Å². The topological polar surface area (TPSA) is 101 Å². The van der Waals surface area contributed by atoms with Gasteiger partial charge < -0.3 is 8.74 Å². The van der Waals surface area contributed by atoms with Gasteiger partial charge in [-0.05, 0) is 100 Å². The maximum atomic E-state index is 12.0. The summed E-state index contributed by atoms with van der Waals surface area (Å²) in [6.45, 7) is 8.23. The lowest BCUT2D eigenvalue weighted by molar-refractivity contribution is 0.463. The van der Waals surface area contributed by atoms with Crippen LogP contribution in [-0.2, 0) is 31.1 Å². The minimum Gasteiger partial charge on any atom is -0.744 e. The van der Waals surface area contributed by atoms with Crippen LogP contribution in [0.3, 0.4) is 0 Å². The van der Waals surface area contributed by atoms with Crippen molar-refractivity contribution in [2.24, 2.45) is 0 Å². The Kier molecular flexibility index (Phi) is 10.1. The Morgan fingerprint density at radius 2 is 0.767 bits per heavy atom. The van der Waals surface area contributed by atoms with Crippen LogP contribution in [0.5, 0.6) is 5.75 Å². The first kappa shape index (κ1) is 32.0. The third-order valence-corrected chi connectivity index (χ3v) is 10.7. The molecule has 0 spiro atoms. The zero-order valence-corrected chi connectivity index (χ0v) is 26.7. The highest BCUT2D eigenvalue weighted by Crippen LogP contribution is 2.31. The van der Waals surface area contributed by atoms with Crippen molar-refractivity contribution in [3.8, 4) is 5.75 Å². The molecular formula is C34H32O6S3. The van der Waals surface area contributed by atoms with E-state index < -0.39 is 25.1 Å². The van der Waals surface area contributed by atoms with Crippen molar-refractivity contribution in [2.45, 2.75) is 52.2 Å². The SMILES string of the molecule is Cc1ccc(S(=O)(=O)Oc2ccc(S(=O)(=O)[O-])cc2)cc1.Cc1ccc([S+](c2ccc(C)cc2)c2ccc(C)cc2)cc1. The summed E-state index contributed by atoms with van der Waals surface area (Å²) in [5.41, 5.74) is 4.82. The molecule has 0 saturated heterocycles. The van der Waals surface area contributed by atoms with Crippen LogP contribution in [-0.4, -0.2) is 21.4 Å². The molecule has 0 unspecified atom stereocenters. The van der Waals surface area contributed by atoms with Gasteiger partial charge in [-0.2, -0.15) is 8.42 Å². The Labute approximate surface area is 257 Å². The maximum Gasteiger partial charge on any atom is 0.339 e. The van der Waals surface area contributed by atoms with Crippen LogP contribution >= 0.6 is 0 Å². The third-order valence-electron chi connectivity index (χ3n) is 6.40. The average molecular weight is 633 g/mol. The Morgan fingerprint density at radius 1 is 0.465 bits per heavy atom. The molecule has 9 heteroatoms. The third kappa shape index (κ3) is 8.81. The van der Waals surface area contributed by atoms with Crippen molar-refractivity contribution in [2.75, 3.05) is 0 Å². The predicted molar refractivity (Wildman–Crippen MR) is 169 cm³/mol. The van der Waals surface area contributed by atoms with Crippen LogP contribution in [0.15, 0.2) is 146 Å². The van der Waals surface area contributed by atoms with Gasteiger partial charge in [-0.1, -0.05) is 70.8 Å². The highest BCUT2D eigenvalue weighted by molar-refractivity contribution is 7.97. The first-order valence-corrected chi connectivity index (χ1v) is 17.4. The van der Waals surface area contributed by atoms with Crippen molar-refractivity contribution in [1.82, 2.24) is 0 Å². The monoisotopic (exact) mass is 632 g/mol. The fourth-order valence-electron chi connectivity index (χ4n) is 3.97. The molecule has 0 amide bonds. The van der Waals surface area contributed by atoms with Gasteiger partial charge in [-0.25, -0.2) is 8.42 Å². The van der Waals surface area contributed by atoms with E-state index in [1.54, 1.807) is 12.1 Å². The van der Waals surface area contributed by atoms with E-state index in [9.17, 15) is 21.4 Å². The second-order valence-corrected chi connectivity index (χ2v) is 15.0. The molecule has 0 atom stereocenters. The summed E-state index contributed by atoms with van der Waals surface area (Å²) < 4.78 is 61.2. The normalized spacial score (nSPS) is 11.5. The first-order valence-electron chi connectivity index (χ1n) is 13.3. The number of hydrogen-bond donors (Lipinski definition) is 0. The number of benzene rings is 5. The molecule has 0 radical (unpaired) electrons. The number of rotatable bonds is 7. The average Bonchev–Trinajstić information content (AvgIpc) is 2.96. The summed E-state index contributed by atoms with van der Waals surface area (Å²) >= 11 is 0. The zero-order valence-electron chi connectivity index (χ0n) is 24.2. The Hall–Kier alpha value is -3.89. The summed E-state index contributed by atoms with van der Waals surface area (Å²) in [5, 5.41) is 0. The van der Waals surface area contributed by atoms with E-state index in [1.165, 1.54) is 43.5 Å². The van der Waals surface area contributed by atoms with E-state index in [4.69, 9.17) is 4.18 Å². The summed E-state index contributed by atoms with van der Waals surface area (Å²) in [6.07, 6.45) is 0. The lowest BCUT2D eigenvalue weighted by Crippen LogP contribution is -2.09. The Balaban J connectivity index is 0.000000197. The van der Waals surface area contributed by atoms with Crippen LogP contribution in [0, 0.1) is 27.7 Å². The number of aryl methyl sites for hydroxylation is 4. The minimum absolute atomic E-state index is 0.0198. The molecule has 43 heavy (non-hydrogen) atoms. The van der Waals surface area contributed by atoms with Crippen molar-refractivity contribution >= 4 is 31.1 Å². The van der Waals surface area contributed by atoms with Gasteiger partial charge in [0.05, 0.1) is 15.8 Å². The largest absolute Gasteiger partial charge is 0.744 e. The molecule has 5 aromatic rings. The van der Waals surface area contributed by atoms with Gasteiger partial charge in [-0.3, -0.25) is 0 Å². The van der Waals surface area contributed by atoms with E-state index in [2.05, 4.69) is 93.6 Å². The molecule has 0 fully saturated rings. The second kappa shape index (κ2) is 13.6. The summed E-state index contributed by atoms with van der Waals surface area (Å²) in [5.74, 6) is -0.0806. The molecule has 5 rings (SSSR count). The van der Waals surface area contributed by atoms with Crippen LogP contribution in [0.25, 0.3) is 0 Å². The first-order chi connectivity index (χ1) is 20.3. The fraction of sp³-hybridized carbons (Fsp3) is 0.118. The fourth-order valence-corrected chi connectivity index (χ4v) is 7.41. The van der Waals surface area contributed by atoms with Crippen LogP contribution < -0.4 is 4.18 Å². The van der Waals surface area contributed by atoms with Crippen LogP contribution in [0.4, 0.5) is 0 Å². The van der Waals surface area contributed by atoms with Crippen LogP contribution in [0.1, 0.15) is 22.3 Å². The molecule has 0 saturated carbocycles. The summed E-state index contributed by atoms with van der Waals surface area (Å²) in [4.78, 5) is 3.64.